The largest absolute Gasteiger partial charge is 2.00 e. The molecule has 9 nitrogen and oxygen atoms in total. The zero-order chi connectivity index (χ0) is 25.5. The fourth-order valence-corrected chi connectivity index (χ4v) is 3.23. The Morgan fingerprint density at radius 1 is 0.778 bits per heavy atom. The first-order valence-corrected chi connectivity index (χ1v) is 10.4. The van der Waals surface area contributed by atoms with Gasteiger partial charge in [0.25, 0.3) is 0 Å². The van der Waals surface area contributed by atoms with Crippen molar-refractivity contribution in [2.24, 2.45) is 0 Å². The number of benzene rings is 3. The van der Waals surface area contributed by atoms with Crippen LogP contribution >= 0.6 is 0 Å². The maximum atomic E-state index is 11.6. The Hall–Kier alpha value is -3.86. The fourth-order valence-electron chi connectivity index (χ4n) is 3.23. The predicted molar refractivity (Wildman–Crippen MR) is 134 cm³/mol. The molecule has 0 bridgehead atoms. The first-order valence-electron chi connectivity index (χ1n) is 10.4. The first-order chi connectivity index (χ1) is 16.7. The van der Waals surface area contributed by atoms with Crippen LogP contribution in [-0.4, -0.2) is 77.5 Å². The van der Waals surface area contributed by atoms with Crippen LogP contribution in [0.25, 0.3) is 18.2 Å². The number of hydrogen-bond donors (Lipinski definition) is 7. The van der Waals surface area contributed by atoms with Crippen molar-refractivity contribution in [3.05, 3.63) is 76.9 Å². The number of carboxylic acid groups (broad SMARTS) is 1. The molecule has 0 saturated heterocycles. The number of rotatable bonds is 9. The molecule has 0 heterocycles. The number of carbonyl (C=O) groups is 1. The van der Waals surface area contributed by atoms with Crippen molar-refractivity contribution in [3.8, 4) is 34.5 Å². The minimum absolute atomic E-state index is 0. The molecule has 0 aromatic heterocycles. The summed E-state index contributed by atoms with van der Waals surface area (Å²) in [4.78, 5) is 11.6. The molecule has 0 aliphatic heterocycles. The van der Waals surface area contributed by atoms with E-state index in [1.165, 1.54) is 42.5 Å². The van der Waals surface area contributed by atoms with Crippen LogP contribution in [0.5, 0.6) is 34.5 Å². The summed E-state index contributed by atoms with van der Waals surface area (Å²) in [5.41, 5.74) is 1.76. The average Bonchev–Trinajstić information content (AvgIpc) is 2.82. The second-order valence-electron chi connectivity index (χ2n) is 7.61. The van der Waals surface area contributed by atoms with Crippen molar-refractivity contribution in [3.63, 3.8) is 0 Å². The van der Waals surface area contributed by atoms with Crippen molar-refractivity contribution in [2.45, 2.75) is 12.5 Å². The molecule has 182 valence electrons. The van der Waals surface area contributed by atoms with Gasteiger partial charge < -0.3 is 40.5 Å². The van der Waals surface area contributed by atoms with Crippen molar-refractivity contribution in [1.82, 2.24) is 0 Å². The summed E-state index contributed by atoms with van der Waals surface area (Å²) >= 11 is 0. The number of hydrogen-bond acceptors (Lipinski definition) is 8. The van der Waals surface area contributed by atoms with Crippen LogP contribution in [0, 0.1) is 0 Å². The van der Waals surface area contributed by atoms with Crippen molar-refractivity contribution >= 4 is 47.3 Å². The maximum Gasteiger partial charge on any atom is 2.00 e. The van der Waals surface area contributed by atoms with E-state index >= 15 is 0 Å². The molecule has 10 heteroatoms. The van der Waals surface area contributed by atoms with E-state index in [1.807, 2.05) is 0 Å². The molecule has 0 spiro atoms. The van der Waals surface area contributed by atoms with E-state index in [9.17, 15) is 40.5 Å². The molecule has 0 aliphatic carbocycles. The van der Waals surface area contributed by atoms with Gasteiger partial charge in [0.1, 0.15) is 0 Å². The number of phenols is 6. The summed E-state index contributed by atoms with van der Waals surface area (Å²) in [6, 6.07) is 11.0. The summed E-state index contributed by atoms with van der Waals surface area (Å²) in [7, 11) is 0. The average molecular weight is 505 g/mol. The molecular weight excluding hydrogens is 481 g/mol. The molecule has 3 aromatic rings. The van der Waals surface area contributed by atoms with Crippen LogP contribution in [0.1, 0.15) is 22.3 Å². The summed E-state index contributed by atoms with van der Waals surface area (Å²) in [6.45, 7) is -0.0857. The van der Waals surface area contributed by atoms with Crippen LogP contribution in [0.3, 0.4) is 0 Å². The molecule has 0 aliphatic rings. The molecule has 1 atom stereocenters. The Bertz CT molecular complexity index is 1280. The number of phenolic OH excluding ortho intramolecular Hbond substituents is 6. The Kier molecular flexibility index (Phi) is 10.0. The summed E-state index contributed by atoms with van der Waals surface area (Å²) < 4.78 is 5.43. The van der Waals surface area contributed by atoms with E-state index in [4.69, 9.17) is 4.74 Å². The smallest absolute Gasteiger partial charge is 0.504 e. The van der Waals surface area contributed by atoms with Gasteiger partial charge in [0, 0.05) is 12.0 Å². The molecule has 0 saturated carbocycles. The molecular formula is C26H24MgO9+2. The SMILES string of the molecule is O=C(O)[C@@H](Cc1ccc(O)c(O)c1)OC/C=C/c1ccc(O)c(O)c1/C=C/c1ccc(O)c(O)c1.[Mg+2]. The van der Waals surface area contributed by atoms with E-state index in [0.29, 0.717) is 16.7 Å². The van der Waals surface area contributed by atoms with Gasteiger partial charge >= 0.3 is 29.0 Å². The van der Waals surface area contributed by atoms with Gasteiger partial charge in [-0.25, -0.2) is 4.79 Å². The third-order valence-corrected chi connectivity index (χ3v) is 5.10. The molecule has 0 unspecified atom stereocenters. The van der Waals surface area contributed by atoms with Crippen LogP contribution < -0.4 is 0 Å². The number of ether oxygens (including phenoxy) is 1. The molecule has 7 N–H and O–H groups in total. The molecule has 36 heavy (non-hydrogen) atoms. The Labute approximate surface area is 222 Å². The van der Waals surface area contributed by atoms with Gasteiger partial charge in [-0.05, 0) is 53.1 Å². The van der Waals surface area contributed by atoms with E-state index in [1.54, 1.807) is 30.4 Å². The standard InChI is InChI=1S/C26H24O9.Mg/c27-19-8-4-15(12-22(19)30)3-7-18-17(6-10-21(29)25(18)32)2-1-11-35-24(26(33)34)14-16-5-9-20(28)23(31)13-16;/h1-10,12-13,24,27-32H,11,14H2,(H,33,34);/q;+2/b2-1+,7-3+;/t24-;/m1./s1. The number of aromatic hydroxyl groups is 6. The predicted octanol–water partition coefficient (Wildman–Crippen LogP) is 3.44. The normalized spacial score (nSPS) is 12.0. The fraction of sp³-hybridized carbons (Fsp3) is 0.115. The van der Waals surface area contributed by atoms with Crippen LogP contribution in [0.2, 0.25) is 0 Å². The first kappa shape index (κ1) is 28.4. The zero-order valence-electron chi connectivity index (χ0n) is 19.1. The Morgan fingerprint density at radius 3 is 2.06 bits per heavy atom. The van der Waals surface area contributed by atoms with Crippen molar-refractivity contribution in [2.75, 3.05) is 6.61 Å². The molecule has 3 rings (SSSR count). The minimum Gasteiger partial charge on any atom is -0.504 e. The van der Waals surface area contributed by atoms with Gasteiger partial charge in [0.05, 0.1) is 6.61 Å². The van der Waals surface area contributed by atoms with Gasteiger partial charge in [0.2, 0.25) is 0 Å². The monoisotopic (exact) mass is 504 g/mol. The van der Waals surface area contributed by atoms with Gasteiger partial charge in [-0.1, -0.05) is 36.4 Å². The Morgan fingerprint density at radius 2 is 1.42 bits per heavy atom. The number of aliphatic carboxylic acids is 1. The quantitative estimate of drug-likeness (QED) is 0.131. The van der Waals surface area contributed by atoms with Gasteiger partial charge in [-0.15, -0.1) is 0 Å². The number of carboxylic acids is 1. The topological polar surface area (TPSA) is 168 Å². The van der Waals surface area contributed by atoms with Crippen molar-refractivity contribution < 1.29 is 45.3 Å². The maximum absolute atomic E-state index is 11.6. The second-order valence-corrected chi connectivity index (χ2v) is 7.61. The van der Waals surface area contributed by atoms with E-state index in [-0.39, 0.29) is 76.1 Å². The third-order valence-electron chi connectivity index (χ3n) is 5.10. The van der Waals surface area contributed by atoms with Gasteiger partial charge in [0.15, 0.2) is 40.6 Å². The van der Waals surface area contributed by atoms with Gasteiger partial charge in [-0.2, -0.15) is 0 Å². The minimum atomic E-state index is -1.21. The van der Waals surface area contributed by atoms with Crippen molar-refractivity contribution in [1.29, 1.82) is 0 Å². The second kappa shape index (κ2) is 12.7. The molecule has 0 amide bonds. The third kappa shape index (κ3) is 7.32. The summed E-state index contributed by atoms with van der Waals surface area (Å²) in [6.07, 6.45) is 4.95. The van der Waals surface area contributed by atoms with E-state index in [2.05, 4.69) is 0 Å². The van der Waals surface area contributed by atoms with Crippen LogP contribution in [-0.2, 0) is 16.0 Å². The molecule has 3 aromatic carbocycles. The van der Waals surface area contributed by atoms with Crippen LogP contribution in [0.4, 0.5) is 0 Å². The molecule has 0 radical (unpaired) electrons. The van der Waals surface area contributed by atoms with Gasteiger partial charge in [-0.3, -0.25) is 0 Å². The molecule has 0 fully saturated rings. The summed E-state index contributed by atoms with van der Waals surface area (Å²) in [5.74, 6) is -3.16. The van der Waals surface area contributed by atoms with E-state index in [0.717, 1.165) is 0 Å². The summed E-state index contributed by atoms with van der Waals surface area (Å²) in [5, 5.41) is 67.7. The van der Waals surface area contributed by atoms with Crippen LogP contribution in [0.15, 0.2) is 54.6 Å². The Balaban J connectivity index is 0.00000456. The zero-order valence-corrected chi connectivity index (χ0v) is 20.5. The van der Waals surface area contributed by atoms with E-state index < -0.39 is 12.1 Å².